The minimum Gasteiger partial charge on any atom is -0.477 e. The van der Waals surface area contributed by atoms with Crippen LogP contribution in [0.3, 0.4) is 0 Å². The van der Waals surface area contributed by atoms with Gasteiger partial charge in [-0.3, -0.25) is 5.84 Å². The van der Waals surface area contributed by atoms with Crippen molar-refractivity contribution in [3.63, 3.8) is 0 Å². The molecule has 6 heteroatoms. The Hall–Kier alpha value is -1.14. The number of carboxylic acids is 1. The van der Waals surface area contributed by atoms with Gasteiger partial charge < -0.3 is 10.5 Å². The first-order valence-corrected chi connectivity index (χ1v) is 5.22. The van der Waals surface area contributed by atoms with Gasteiger partial charge in [-0.25, -0.2) is 9.80 Å². The third-order valence-electron chi connectivity index (χ3n) is 2.33. The average molecular weight is 214 g/mol. The molecule has 86 valence electrons. The van der Waals surface area contributed by atoms with Crippen LogP contribution in [0.1, 0.15) is 25.7 Å². The highest BCUT2D eigenvalue weighted by Gasteiger charge is 2.12. The summed E-state index contributed by atoms with van der Waals surface area (Å²) in [6, 6.07) is 0. The van der Waals surface area contributed by atoms with E-state index in [9.17, 15) is 4.79 Å². The van der Waals surface area contributed by atoms with Crippen LogP contribution in [0.25, 0.3) is 0 Å². The molecule has 6 nitrogen and oxygen atoms in total. The fourth-order valence-electron chi connectivity index (χ4n) is 1.45. The summed E-state index contributed by atoms with van der Waals surface area (Å²) in [5, 5.41) is 13.6. The maximum atomic E-state index is 10.0. The zero-order valence-corrected chi connectivity index (χ0v) is 8.78. The lowest BCUT2D eigenvalue weighted by Gasteiger charge is -2.20. The van der Waals surface area contributed by atoms with Crippen molar-refractivity contribution >= 4 is 11.7 Å². The smallest absolute Gasteiger partial charge is 0.352 e. The maximum absolute atomic E-state index is 10.0. The molecule has 0 saturated carbocycles. The quantitative estimate of drug-likeness (QED) is 0.524. The van der Waals surface area contributed by atoms with Gasteiger partial charge in [0.1, 0.15) is 5.71 Å². The number of nitrogens with one attached hydrogen (secondary N) is 1. The summed E-state index contributed by atoms with van der Waals surface area (Å²) in [6.45, 7) is 2.85. The number of nitrogens with zero attached hydrogens (tertiary/aromatic N) is 2. The van der Waals surface area contributed by atoms with Crippen molar-refractivity contribution in [3.05, 3.63) is 0 Å². The summed E-state index contributed by atoms with van der Waals surface area (Å²) in [5.41, 5.74) is 2.79. The highest BCUT2D eigenvalue weighted by Crippen LogP contribution is 2.03. The number of carboxylic acid groups (broad SMARTS) is 1. The molecule has 0 bridgehead atoms. The largest absolute Gasteiger partial charge is 0.477 e. The molecule has 0 aliphatic carbocycles. The first-order valence-electron chi connectivity index (χ1n) is 5.22. The molecule has 15 heavy (non-hydrogen) atoms. The van der Waals surface area contributed by atoms with Gasteiger partial charge >= 0.3 is 5.97 Å². The number of piperidine rings is 1. The van der Waals surface area contributed by atoms with Gasteiger partial charge in [-0.2, -0.15) is 5.10 Å². The third kappa shape index (κ3) is 4.75. The molecule has 2 aliphatic rings. The summed E-state index contributed by atoms with van der Waals surface area (Å²) < 4.78 is 0. The van der Waals surface area contributed by atoms with Crippen molar-refractivity contribution in [1.29, 1.82) is 0 Å². The monoisotopic (exact) mass is 214 g/mol. The van der Waals surface area contributed by atoms with Gasteiger partial charge in [0.2, 0.25) is 0 Å². The number of rotatable bonds is 1. The fraction of sp³-hybridized carbons (Fsp3) is 0.778. The molecule has 1 saturated heterocycles. The van der Waals surface area contributed by atoms with Crippen molar-refractivity contribution in [2.75, 3.05) is 19.6 Å². The second kappa shape index (κ2) is 6.36. The molecule has 0 aromatic carbocycles. The average Bonchev–Trinajstić information content (AvgIpc) is 2.72. The first-order chi connectivity index (χ1) is 7.20. The highest BCUT2D eigenvalue weighted by atomic mass is 16.4. The molecule has 4 N–H and O–H groups in total. The van der Waals surface area contributed by atoms with Crippen molar-refractivity contribution in [2.45, 2.75) is 25.7 Å². The molecule has 0 aromatic heterocycles. The Morgan fingerprint density at radius 1 is 1.40 bits per heavy atom. The third-order valence-corrected chi connectivity index (χ3v) is 2.33. The van der Waals surface area contributed by atoms with E-state index in [4.69, 9.17) is 10.9 Å². The lowest BCUT2D eigenvalue weighted by molar-refractivity contribution is -0.129. The predicted molar refractivity (Wildman–Crippen MR) is 57.3 cm³/mol. The number of hydrogen-bond acceptors (Lipinski definition) is 5. The lowest BCUT2D eigenvalue weighted by Crippen LogP contribution is -2.35. The molecule has 2 heterocycles. The molecule has 0 amide bonds. The zero-order chi connectivity index (χ0) is 11.1. The number of hydrazone groups is 1. The Morgan fingerprint density at radius 2 is 2.07 bits per heavy atom. The number of aliphatic carboxylic acids is 1. The summed E-state index contributed by atoms with van der Waals surface area (Å²) >= 11 is 0. The number of carbonyl (C=O) groups is 1. The van der Waals surface area contributed by atoms with Gasteiger partial charge in [0, 0.05) is 26.1 Å². The Morgan fingerprint density at radius 3 is 2.33 bits per heavy atom. The summed E-state index contributed by atoms with van der Waals surface area (Å²) in [6.07, 6.45) is 4.48. The minimum absolute atomic E-state index is 0.227. The van der Waals surface area contributed by atoms with E-state index >= 15 is 0 Å². The molecular weight excluding hydrogens is 196 g/mol. The lowest BCUT2D eigenvalue weighted by atomic mass is 10.2. The van der Waals surface area contributed by atoms with Gasteiger partial charge in [-0.1, -0.05) is 6.42 Å². The van der Waals surface area contributed by atoms with E-state index in [1.807, 2.05) is 5.01 Å². The molecule has 0 atom stereocenters. The first kappa shape index (κ1) is 11.9. The Labute approximate surface area is 89.1 Å². The van der Waals surface area contributed by atoms with E-state index in [0.717, 1.165) is 13.1 Å². The maximum Gasteiger partial charge on any atom is 0.352 e. The highest BCUT2D eigenvalue weighted by molar-refractivity contribution is 6.35. The van der Waals surface area contributed by atoms with Crippen molar-refractivity contribution < 1.29 is 9.90 Å². The van der Waals surface area contributed by atoms with E-state index in [-0.39, 0.29) is 5.71 Å². The summed E-state index contributed by atoms with van der Waals surface area (Å²) in [7, 11) is 0. The van der Waals surface area contributed by atoms with E-state index in [0.29, 0.717) is 13.0 Å². The molecule has 2 rings (SSSR count). The van der Waals surface area contributed by atoms with E-state index in [1.165, 1.54) is 19.3 Å². The summed E-state index contributed by atoms with van der Waals surface area (Å²) in [5.74, 6) is 4.55. The Kier molecular flexibility index (Phi) is 5.06. The number of nitrogens with two attached hydrogens (primary N) is 1. The molecule has 0 radical (unpaired) electrons. The normalized spacial score (nSPS) is 21.0. The second-order valence-corrected chi connectivity index (χ2v) is 3.62. The molecule has 2 aliphatic heterocycles. The van der Waals surface area contributed by atoms with E-state index in [1.54, 1.807) is 0 Å². The van der Waals surface area contributed by atoms with Crippen LogP contribution in [-0.2, 0) is 4.79 Å². The van der Waals surface area contributed by atoms with Crippen LogP contribution in [0.4, 0.5) is 0 Å². The van der Waals surface area contributed by atoms with Crippen LogP contribution in [0.5, 0.6) is 0 Å². The van der Waals surface area contributed by atoms with Gasteiger partial charge in [0.25, 0.3) is 0 Å². The topological polar surface area (TPSA) is 91.0 Å². The minimum atomic E-state index is -0.921. The zero-order valence-electron chi connectivity index (χ0n) is 8.78. The van der Waals surface area contributed by atoms with Gasteiger partial charge in [-0.05, 0) is 12.8 Å². The summed E-state index contributed by atoms with van der Waals surface area (Å²) in [4.78, 5) is 10.0. The Balaban J connectivity index is 0.000000151. The van der Waals surface area contributed by atoms with Crippen LogP contribution in [-0.4, -0.2) is 41.4 Å². The number of hydrogen-bond donors (Lipinski definition) is 3. The SMILES string of the molecule is NN1CCCCC1.O=C(O)C1=NNCC1. The van der Waals surface area contributed by atoms with Crippen LogP contribution < -0.4 is 11.3 Å². The molecular formula is C9H18N4O2. The van der Waals surface area contributed by atoms with Crippen molar-refractivity contribution in [1.82, 2.24) is 10.4 Å². The molecule has 0 aromatic rings. The van der Waals surface area contributed by atoms with E-state index in [2.05, 4.69) is 10.5 Å². The number of hydrazine groups is 1. The van der Waals surface area contributed by atoms with Crippen molar-refractivity contribution in [3.8, 4) is 0 Å². The van der Waals surface area contributed by atoms with Gasteiger partial charge in [0.05, 0.1) is 0 Å². The van der Waals surface area contributed by atoms with Crippen LogP contribution in [0.15, 0.2) is 5.10 Å². The predicted octanol–water partition coefficient (Wildman–Crippen LogP) is -0.234. The van der Waals surface area contributed by atoms with Gasteiger partial charge in [0.15, 0.2) is 0 Å². The standard InChI is InChI=1S/C5H12N2.C4H6N2O2/c6-7-4-2-1-3-5-7;7-4(8)3-1-2-5-6-3/h1-6H2;5H,1-2H2,(H,7,8). The molecule has 1 fully saturated rings. The van der Waals surface area contributed by atoms with Crippen LogP contribution in [0.2, 0.25) is 0 Å². The molecule has 0 unspecified atom stereocenters. The van der Waals surface area contributed by atoms with Crippen LogP contribution in [0, 0.1) is 0 Å². The van der Waals surface area contributed by atoms with Gasteiger partial charge in [-0.15, -0.1) is 0 Å². The van der Waals surface area contributed by atoms with Crippen LogP contribution >= 0.6 is 0 Å². The van der Waals surface area contributed by atoms with Crippen molar-refractivity contribution in [2.24, 2.45) is 10.9 Å². The second-order valence-electron chi connectivity index (χ2n) is 3.62. The Bertz CT molecular complexity index is 236. The fourth-order valence-corrected chi connectivity index (χ4v) is 1.45. The molecule has 0 spiro atoms. The van der Waals surface area contributed by atoms with E-state index < -0.39 is 5.97 Å².